The van der Waals surface area contributed by atoms with E-state index in [1.54, 1.807) is 0 Å². The molecule has 134 valence electrons. The summed E-state index contributed by atoms with van der Waals surface area (Å²) in [5, 5.41) is 0. The molecule has 2 saturated heterocycles. The maximum absolute atomic E-state index is 6.42. The van der Waals surface area contributed by atoms with Crippen LogP contribution in [0.5, 0.6) is 0 Å². The van der Waals surface area contributed by atoms with Crippen LogP contribution in [0.2, 0.25) is 0 Å². The topological polar surface area (TPSA) is 30.9 Å². The molecule has 2 aliphatic heterocycles. The lowest BCUT2D eigenvalue weighted by molar-refractivity contribution is -0.199. The van der Waals surface area contributed by atoms with Crippen molar-refractivity contribution in [1.82, 2.24) is 4.90 Å². The van der Waals surface area contributed by atoms with Gasteiger partial charge in [-0.15, -0.1) is 0 Å². The summed E-state index contributed by atoms with van der Waals surface area (Å²) in [5.41, 5.74) is 0.402. The predicted octanol–water partition coefficient (Wildman–Crippen LogP) is 3.44. The van der Waals surface area contributed by atoms with E-state index in [0.29, 0.717) is 17.6 Å². The zero-order valence-electron chi connectivity index (χ0n) is 15.6. The van der Waals surface area contributed by atoms with Crippen molar-refractivity contribution in [1.29, 1.82) is 0 Å². The van der Waals surface area contributed by atoms with Gasteiger partial charge in [0.2, 0.25) is 0 Å². The minimum atomic E-state index is -0.282. The Morgan fingerprint density at radius 3 is 2.22 bits per heavy atom. The average molecular weight is 325 g/mol. The molecule has 0 aromatic rings. The number of nitrogens with zero attached hydrogens (tertiary/aromatic N) is 1. The quantitative estimate of drug-likeness (QED) is 0.778. The molecule has 4 heteroatoms. The summed E-state index contributed by atoms with van der Waals surface area (Å²) in [5.74, 6) is 0.510. The monoisotopic (exact) mass is 325 g/mol. The van der Waals surface area contributed by atoms with E-state index in [-0.39, 0.29) is 11.9 Å². The first-order valence-electron chi connectivity index (χ1n) is 9.45. The second-order valence-corrected chi connectivity index (χ2v) is 9.08. The molecule has 3 rings (SSSR count). The van der Waals surface area contributed by atoms with Gasteiger partial charge in [0, 0.05) is 32.5 Å². The van der Waals surface area contributed by atoms with E-state index >= 15 is 0 Å². The molecule has 3 unspecified atom stereocenters. The molecule has 3 aliphatic rings. The summed E-state index contributed by atoms with van der Waals surface area (Å²) < 4.78 is 18.4. The first-order valence-corrected chi connectivity index (χ1v) is 9.45. The molecule has 0 amide bonds. The van der Waals surface area contributed by atoms with Crippen molar-refractivity contribution in [2.75, 3.05) is 26.2 Å². The molecule has 0 aromatic heterocycles. The molecule has 4 nitrogen and oxygen atoms in total. The minimum Gasteiger partial charge on any atom is -0.373 e. The van der Waals surface area contributed by atoms with Crippen LogP contribution in [0.25, 0.3) is 0 Å². The van der Waals surface area contributed by atoms with Crippen LogP contribution in [-0.4, -0.2) is 55.2 Å². The summed E-state index contributed by atoms with van der Waals surface area (Å²) in [4.78, 5) is 2.48. The van der Waals surface area contributed by atoms with Crippen molar-refractivity contribution in [2.24, 2.45) is 11.3 Å². The SMILES string of the molecule is CC1CN(CC2COC3(CCC(C(C)(C)C)CC3)O2)CC(C)O1. The summed E-state index contributed by atoms with van der Waals surface area (Å²) in [6.07, 6.45) is 5.42. The average Bonchev–Trinajstić information content (AvgIpc) is 2.79. The zero-order chi connectivity index (χ0) is 16.7. The van der Waals surface area contributed by atoms with Gasteiger partial charge in [0.05, 0.1) is 24.9 Å². The fraction of sp³-hybridized carbons (Fsp3) is 1.00. The van der Waals surface area contributed by atoms with Crippen molar-refractivity contribution in [3.05, 3.63) is 0 Å². The Hall–Kier alpha value is -0.160. The Balaban J connectivity index is 1.49. The largest absolute Gasteiger partial charge is 0.373 e. The summed E-state index contributed by atoms with van der Waals surface area (Å²) in [6.45, 7) is 15.1. The van der Waals surface area contributed by atoms with Crippen LogP contribution in [0, 0.1) is 11.3 Å². The van der Waals surface area contributed by atoms with E-state index in [2.05, 4.69) is 39.5 Å². The standard InChI is InChI=1S/C19H35NO3/c1-14-10-20(11-15(2)22-14)12-17-13-21-19(23-17)8-6-16(7-9-19)18(3,4)5/h14-17H,6-13H2,1-5H3. The van der Waals surface area contributed by atoms with Crippen LogP contribution in [0.3, 0.4) is 0 Å². The van der Waals surface area contributed by atoms with Crippen molar-refractivity contribution in [3.8, 4) is 0 Å². The lowest BCUT2D eigenvalue weighted by Gasteiger charge is -2.41. The van der Waals surface area contributed by atoms with Gasteiger partial charge in [-0.2, -0.15) is 0 Å². The highest BCUT2D eigenvalue weighted by Crippen LogP contribution is 2.45. The summed E-state index contributed by atoms with van der Waals surface area (Å²) >= 11 is 0. The molecule has 0 radical (unpaired) electrons. The third-order valence-electron chi connectivity index (χ3n) is 5.84. The van der Waals surface area contributed by atoms with Crippen LogP contribution in [0.4, 0.5) is 0 Å². The summed E-state index contributed by atoms with van der Waals surface area (Å²) in [7, 11) is 0. The smallest absolute Gasteiger partial charge is 0.168 e. The second kappa shape index (κ2) is 6.62. The van der Waals surface area contributed by atoms with Crippen molar-refractivity contribution < 1.29 is 14.2 Å². The lowest BCUT2D eigenvalue weighted by Crippen LogP contribution is -2.48. The van der Waals surface area contributed by atoms with Gasteiger partial charge in [-0.05, 0) is 38.0 Å². The molecule has 0 bridgehead atoms. The third-order valence-corrected chi connectivity index (χ3v) is 5.84. The van der Waals surface area contributed by atoms with Gasteiger partial charge in [-0.3, -0.25) is 4.90 Å². The van der Waals surface area contributed by atoms with Gasteiger partial charge in [0.1, 0.15) is 0 Å². The number of hydrogen-bond acceptors (Lipinski definition) is 4. The number of rotatable bonds is 2. The van der Waals surface area contributed by atoms with Crippen molar-refractivity contribution in [2.45, 2.75) is 84.4 Å². The van der Waals surface area contributed by atoms with Crippen molar-refractivity contribution >= 4 is 0 Å². The molecular weight excluding hydrogens is 290 g/mol. The predicted molar refractivity (Wildman–Crippen MR) is 91.4 cm³/mol. The molecule has 1 spiro atoms. The van der Waals surface area contributed by atoms with E-state index in [1.807, 2.05) is 0 Å². The highest BCUT2D eigenvalue weighted by Gasteiger charge is 2.46. The fourth-order valence-corrected chi connectivity index (χ4v) is 4.61. The molecule has 1 aliphatic carbocycles. The lowest BCUT2D eigenvalue weighted by atomic mass is 9.71. The second-order valence-electron chi connectivity index (χ2n) is 9.08. The van der Waals surface area contributed by atoms with Gasteiger partial charge >= 0.3 is 0 Å². The first-order chi connectivity index (χ1) is 10.8. The molecule has 0 N–H and O–H groups in total. The minimum absolute atomic E-state index is 0.221. The Morgan fingerprint density at radius 1 is 1.04 bits per heavy atom. The van der Waals surface area contributed by atoms with Gasteiger partial charge in [-0.25, -0.2) is 0 Å². The third kappa shape index (κ3) is 4.28. The summed E-state index contributed by atoms with van der Waals surface area (Å²) in [6, 6.07) is 0. The Morgan fingerprint density at radius 2 is 1.65 bits per heavy atom. The van der Waals surface area contributed by atoms with Gasteiger partial charge in [-0.1, -0.05) is 20.8 Å². The highest BCUT2D eigenvalue weighted by molar-refractivity contribution is 4.89. The van der Waals surface area contributed by atoms with Crippen molar-refractivity contribution in [3.63, 3.8) is 0 Å². The van der Waals surface area contributed by atoms with Crippen LogP contribution in [-0.2, 0) is 14.2 Å². The Labute approximate surface area is 141 Å². The Bertz CT molecular complexity index is 388. The number of hydrogen-bond donors (Lipinski definition) is 0. The molecule has 0 aromatic carbocycles. The van der Waals surface area contributed by atoms with Crippen LogP contribution >= 0.6 is 0 Å². The molecule has 3 atom stereocenters. The first kappa shape index (κ1) is 17.7. The molecule has 1 saturated carbocycles. The zero-order valence-corrected chi connectivity index (χ0v) is 15.6. The normalized spacial score (nSPS) is 43.2. The van der Waals surface area contributed by atoms with Crippen LogP contribution < -0.4 is 0 Å². The maximum atomic E-state index is 6.42. The van der Waals surface area contributed by atoms with Crippen LogP contribution in [0.1, 0.15) is 60.3 Å². The van der Waals surface area contributed by atoms with E-state index < -0.39 is 0 Å². The molecule has 23 heavy (non-hydrogen) atoms. The number of morpholine rings is 1. The van der Waals surface area contributed by atoms with E-state index in [9.17, 15) is 0 Å². The van der Waals surface area contributed by atoms with Gasteiger partial charge in [0.15, 0.2) is 5.79 Å². The molecule has 3 fully saturated rings. The van der Waals surface area contributed by atoms with E-state index in [4.69, 9.17) is 14.2 Å². The fourth-order valence-electron chi connectivity index (χ4n) is 4.61. The highest BCUT2D eigenvalue weighted by atomic mass is 16.7. The number of ether oxygens (including phenoxy) is 3. The van der Waals surface area contributed by atoms with E-state index in [1.165, 1.54) is 12.8 Å². The Kier molecular flexibility index (Phi) is 5.09. The van der Waals surface area contributed by atoms with Crippen LogP contribution in [0.15, 0.2) is 0 Å². The molecule has 2 heterocycles. The maximum Gasteiger partial charge on any atom is 0.168 e. The van der Waals surface area contributed by atoms with Gasteiger partial charge in [0.25, 0.3) is 0 Å². The van der Waals surface area contributed by atoms with Gasteiger partial charge < -0.3 is 14.2 Å². The van der Waals surface area contributed by atoms with E-state index in [0.717, 1.165) is 45.0 Å². The molecular formula is C19H35NO3.